The van der Waals surface area contributed by atoms with E-state index in [4.69, 9.17) is 5.11 Å². The summed E-state index contributed by atoms with van der Waals surface area (Å²) in [7, 11) is 0. The lowest BCUT2D eigenvalue weighted by atomic mass is 10.0. The molecule has 2 N–H and O–H groups in total. The van der Waals surface area contributed by atoms with Crippen LogP contribution >= 0.6 is 0 Å². The van der Waals surface area contributed by atoms with Gasteiger partial charge in [0.15, 0.2) is 0 Å². The van der Waals surface area contributed by atoms with E-state index in [0.717, 1.165) is 13.0 Å². The molecule has 0 unspecified atom stereocenters. The molecule has 0 aromatic carbocycles. The number of aromatic nitrogens is 2. The average molecular weight is 253 g/mol. The number of nitrogens with one attached hydrogen (secondary N) is 1. The Bertz CT molecular complexity index is 426. The third-order valence-corrected chi connectivity index (χ3v) is 2.57. The van der Waals surface area contributed by atoms with E-state index in [1.807, 2.05) is 6.92 Å². The maximum atomic E-state index is 11.9. The van der Waals surface area contributed by atoms with Crippen LogP contribution in [0, 0.1) is 5.92 Å². The molecule has 1 atom stereocenters. The lowest BCUT2D eigenvalue weighted by Gasteiger charge is -2.17. The molecule has 0 saturated heterocycles. The van der Waals surface area contributed by atoms with Gasteiger partial charge in [-0.3, -0.25) is 9.48 Å². The van der Waals surface area contributed by atoms with Gasteiger partial charge in [-0.15, -0.1) is 0 Å². The summed E-state index contributed by atoms with van der Waals surface area (Å²) in [6, 6.07) is -0.882. The van der Waals surface area contributed by atoms with E-state index in [1.165, 1.54) is 6.20 Å². The van der Waals surface area contributed by atoms with Crippen LogP contribution in [0.3, 0.4) is 0 Å². The molecular formula is C12H19N3O3. The number of carboxylic acids is 1. The third kappa shape index (κ3) is 3.58. The van der Waals surface area contributed by atoms with Crippen LogP contribution in [-0.4, -0.2) is 32.8 Å². The van der Waals surface area contributed by atoms with Crippen molar-refractivity contribution in [2.24, 2.45) is 5.92 Å². The fourth-order valence-electron chi connectivity index (χ4n) is 1.57. The van der Waals surface area contributed by atoms with E-state index in [1.54, 1.807) is 24.7 Å². The number of carbonyl (C=O) groups is 2. The number of hydrogen-bond donors (Lipinski definition) is 2. The van der Waals surface area contributed by atoms with E-state index < -0.39 is 17.9 Å². The Morgan fingerprint density at radius 2 is 2.17 bits per heavy atom. The predicted octanol–water partition coefficient (Wildman–Crippen LogP) is 1.13. The number of amides is 1. The van der Waals surface area contributed by atoms with Gasteiger partial charge < -0.3 is 10.4 Å². The average Bonchev–Trinajstić information content (AvgIpc) is 2.73. The van der Waals surface area contributed by atoms with Gasteiger partial charge in [-0.05, 0) is 12.3 Å². The summed E-state index contributed by atoms with van der Waals surface area (Å²) in [5.41, 5.74) is 0.385. The van der Waals surface area contributed by atoms with Gasteiger partial charge in [-0.25, -0.2) is 4.79 Å². The first-order valence-corrected chi connectivity index (χ1v) is 6.01. The minimum atomic E-state index is -1.03. The highest BCUT2D eigenvalue weighted by molar-refractivity contribution is 5.96. The number of aryl methyl sites for hydroxylation is 1. The molecule has 1 amide bonds. The molecule has 0 radical (unpaired) electrons. The zero-order valence-corrected chi connectivity index (χ0v) is 10.9. The van der Waals surface area contributed by atoms with Gasteiger partial charge in [-0.1, -0.05) is 20.8 Å². The standard InChI is InChI=1S/C12H19N3O3/c1-4-5-15-7-9(6-13-15)11(16)14-10(8(2)3)12(17)18/h6-8,10H,4-5H2,1-3H3,(H,14,16)(H,17,18)/t10-/m1/s1. The molecule has 0 aliphatic heterocycles. The van der Waals surface area contributed by atoms with Gasteiger partial charge in [0.25, 0.3) is 5.91 Å². The third-order valence-electron chi connectivity index (χ3n) is 2.57. The molecule has 1 rings (SSSR count). The Morgan fingerprint density at radius 3 is 2.67 bits per heavy atom. The van der Waals surface area contributed by atoms with Crippen molar-refractivity contribution < 1.29 is 14.7 Å². The largest absolute Gasteiger partial charge is 0.480 e. The van der Waals surface area contributed by atoms with Crippen molar-refractivity contribution in [3.05, 3.63) is 18.0 Å². The molecule has 1 aromatic heterocycles. The topological polar surface area (TPSA) is 84.2 Å². The number of aliphatic carboxylic acids is 1. The van der Waals surface area contributed by atoms with Crippen molar-refractivity contribution in [3.63, 3.8) is 0 Å². The summed E-state index contributed by atoms with van der Waals surface area (Å²) < 4.78 is 1.67. The molecular weight excluding hydrogens is 234 g/mol. The highest BCUT2D eigenvalue weighted by Gasteiger charge is 2.24. The number of carbonyl (C=O) groups excluding carboxylic acids is 1. The summed E-state index contributed by atoms with van der Waals surface area (Å²) in [6.45, 7) is 6.25. The molecule has 100 valence electrons. The van der Waals surface area contributed by atoms with Crippen LogP contribution < -0.4 is 5.32 Å². The highest BCUT2D eigenvalue weighted by atomic mass is 16.4. The Labute approximate surface area is 106 Å². The second-order valence-corrected chi connectivity index (χ2v) is 4.53. The van der Waals surface area contributed by atoms with Crippen LogP contribution in [0.4, 0.5) is 0 Å². The van der Waals surface area contributed by atoms with Gasteiger partial charge >= 0.3 is 5.97 Å². The molecule has 0 fully saturated rings. The Hall–Kier alpha value is -1.85. The number of rotatable bonds is 6. The zero-order chi connectivity index (χ0) is 13.7. The zero-order valence-electron chi connectivity index (χ0n) is 10.9. The maximum Gasteiger partial charge on any atom is 0.326 e. The normalized spacial score (nSPS) is 12.4. The predicted molar refractivity (Wildman–Crippen MR) is 66.2 cm³/mol. The molecule has 0 aliphatic carbocycles. The van der Waals surface area contributed by atoms with Crippen molar-refractivity contribution in [2.75, 3.05) is 0 Å². The Morgan fingerprint density at radius 1 is 1.50 bits per heavy atom. The molecule has 1 aromatic rings. The van der Waals surface area contributed by atoms with E-state index in [9.17, 15) is 9.59 Å². The van der Waals surface area contributed by atoms with E-state index in [-0.39, 0.29) is 5.92 Å². The van der Waals surface area contributed by atoms with Crippen molar-refractivity contribution in [1.29, 1.82) is 0 Å². The summed E-state index contributed by atoms with van der Waals surface area (Å²) in [5.74, 6) is -1.60. The fraction of sp³-hybridized carbons (Fsp3) is 0.583. The SMILES string of the molecule is CCCn1cc(C(=O)N[C@@H](C(=O)O)C(C)C)cn1. The Balaban J connectivity index is 2.71. The van der Waals surface area contributed by atoms with Gasteiger partial charge in [-0.2, -0.15) is 5.10 Å². The molecule has 0 spiro atoms. The maximum absolute atomic E-state index is 11.9. The van der Waals surface area contributed by atoms with Crippen LogP contribution in [0.15, 0.2) is 12.4 Å². The summed E-state index contributed by atoms with van der Waals surface area (Å²) in [5, 5.41) is 15.5. The second-order valence-electron chi connectivity index (χ2n) is 4.53. The Kier molecular flexibility index (Phi) is 4.88. The lowest BCUT2D eigenvalue weighted by molar-refractivity contribution is -0.140. The fourth-order valence-corrected chi connectivity index (χ4v) is 1.57. The number of nitrogens with zero attached hydrogens (tertiary/aromatic N) is 2. The molecule has 18 heavy (non-hydrogen) atoms. The van der Waals surface area contributed by atoms with Crippen molar-refractivity contribution >= 4 is 11.9 Å². The van der Waals surface area contributed by atoms with E-state index >= 15 is 0 Å². The van der Waals surface area contributed by atoms with Gasteiger partial charge in [0.2, 0.25) is 0 Å². The minimum Gasteiger partial charge on any atom is -0.480 e. The summed E-state index contributed by atoms with van der Waals surface area (Å²) >= 11 is 0. The molecule has 6 nitrogen and oxygen atoms in total. The number of hydrogen-bond acceptors (Lipinski definition) is 3. The molecule has 0 bridgehead atoms. The first-order chi connectivity index (χ1) is 8.45. The summed E-state index contributed by atoms with van der Waals surface area (Å²) in [6.07, 6.45) is 3.99. The van der Waals surface area contributed by atoms with Crippen molar-refractivity contribution in [1.82, 2.24) is 15.1 Å². The quantitative estimate of drug-likeness (QED) is 0.796. The van der Waals surface area contributed by atoms with Crippen LogP contribution in [0.25, 0.3) is 0 Å². The molecule has 6 heteroatoms. The smallest absolute Gasteiger partial charge is 0.326 e. The van der Waals surface area contributed by atoms with Gasteiger partial charge in [0, 0.05) is 12.7 Å². The van der Waals surface area contributed by atoms with Crippen molar-refractivity contribution in [2.45, 2.75) is 39.8 Å². The van der Waals surface area contributed by atoms with Gasteiger partial charge in [0.1, 0.15) is 6.04 Å². The van der Waals surface area contributed by atoms with Crippen LogP contribution in [0.1, 0.15) is 37.6 Å². The first kappa shape index (κ1) is 14.2. The van der Waals surface area contributed by atoms with Crippen LogP contribution in [0.5, 0.6) is 0 Å². The second kappa shape index (κ2) is 6.18. The van der Waals surface area contributed by atoms with Crippen LogP contribution in [-0.2, 0) is 11.3 Å². The number of carboxylic acid groups (broad SMARTS) is 1. The van der Waals surface area contributed by atoms with Gasteiger partial charge in [0.05, 0.1) is 11.8 Å². The molecule has 0 aliphatic rings. The summed E-state index contributed by atoms with van der Waals surface area (Å²) in [4.78, 5) is 22.8. The molecule has 0 saturated carbocycles. The monoisotopic (exact) mass is 253 g/mol. The van der Waals surface area contributed by atoms with Crippen molar-refractivity contribution in [3.8, 4) is 0 Å². The van der Waals surface area contributed by atoms with E-state index in [0.29, 0.717) is 5.56 Å². The lowest BCUT2D eigenvalue weighted by Crippen LogP contribution is -2.44. The first-order valence-electron chi connectivity index (χ1n) is 6.01. The minimum absolute atomic E-state index is 0.169. The highest BCUT2D eigenvalue weighted by Crippen LogP contribution is 2.05. The van der Waals surface area contributed by atoms with Crippen LogP contribution in [0.2, 0.25) is 0 Å². The van der Waals surface area contributed by atoms with E-state index in [2.05, 4.69) is 10.4 Å². The molecule has 1 heterocycles.